The van der Waals surface area contributed by atoms with Gasteiger partial charge < -0.3 is 4.74 Å². The SMILES string of the molecule is COc1c(F)cccc1C1=CCCC1. The number of hydrogen-bond acceptors (Lipinski definition) is 1. The van der Waals surface area contributed by atoms with Gasteiger partial charge >= 0.3 is 0 Å². The van der Waals surface area contributed by atoms with Crippen molar-refractivity contribution in [1.29, 1.82) is 0 Å². The average molecular weight is 192 g/mol. The predicted octanol–water partition coefficient (Wildman–Crippen LogP) is 3.40. The van der Waals surface area contributed by atoms with E-state index in [1.54, 1.807) is 6.07 Å². The van der Waals surface area contributed by atoms with Crippen molar-refractivity contribution >= 4 is 5.57 Å². The number of hydrogen-bond donors (Lipinski definition) is 0. The van der Waals surface area contributed by atoms with Crippen LogP contribution in [-0.4, -0.2) is 7.11 Å². The smallest absolute Gasteiger partial charge is 0.165 e. The molecule has 0 radical (unpaired) electrons. The van der Waals surface area contributed by atoms with Crippen LogP contribution in [0.5, 0.6) is 5.75 Å². The highest BCUT2D eigenvalue weighted by Crippen LogP contribution is 2.34. The van der Waals surface area contributed by atoms with Crippen LogP contribution in [0.2, 0.25) is 0 Å². The Kier molecular flexibility index (Phi) is 2.53. The van der Waals surface area contributed by atoms with E-state index in [0.29, 0.717) is 5.75 Å². The summed E-state index contributed by atoms with van der Waals surface area (Å²) >= 11 is 0. The molecule has 0 N–H and O–H groups in total. The number of rotatable bonds is 2. The second-order valence-corrected chi connectivity index (χ2v) is 3.44. The average Bonchev–Trinajstić information content (AvgIpc) is 2.70. The van der Waals surface area contributed by atoms with Crippen LogP contribution < -0.4 is 4.74 Å². The van der Waals surface area contributed by atoms with Gasteiger partial charge in [-0.2, -0.15) is 0 Å². The summed E-state index contributed by atoms with van der Waals surface area (Å²) in [5.41, 5.74) is 2.12. The van der Waals surface area contributed by atoms with Crippen molar-refractivity contribution in [3.63, 3.8) is 0 Å². The summed E-state index contributed by atoms with van der Waals surface area (Å²) in [5.74, 6) is 0.0958. The van der Waals surface area contributed by atoms with E-state index in [1.165, 1.54) is 18.7 Å². The molecule has 0 amide bonds. The van der Waals surface area contributed by atoms with E-state index in [4.69, 9.17) is 4.74 Å². The summed E-state index contributed by atoms with van der Waals surface area (Å²) in [4.78, 5) is 0. The van der Waals surface area contributed by atoms with Gasteiger partial charge in [0.2, 0.25) is 0 Å². The lowest BCUT2D eigenvalue weighted by Gasteiger charge is -2.09. The van der Waals surface area contributed by atoms with E-state index < -0.39 is 0 Å². The van der Waals surface area contributed by atoms with Gasteiger partial charge in [0.25, 0.3) is 0 Å². The minimum absolute atomic E-state index is 0.280. The van der Waals surface area contributed by atoms with Crippen molar-refractivity contribution in [2.24, 2.45) is 0 Å². The fraction of sp³-hybridized carbons (Fsp3) is 0.333. The van der Waals surface area contributed by atoms with Crippen molar-refractivity contribution in [2.75, 3.05) is 7.11 Å². The number of methoxy groups -OCH3 is 1. The molecule has 0 atom stereocenters. The highest BCUT2D eigenvalue weighted by atomic mass is 19.1. The molecule has 1 aromatic rings. The quantitative estimate of drug-likeness (QED) is 0.697. The number of para-hydroxylation sites is 1. The van der Waals surface area contributed by atoms with Crippen LogP contribution in [0.15, 0.2) is 24.3 Å². The number of benzene rings is 1. The predicted molar refractivity (Wildman–Crippen MR) is 54.8 cm³/mol. The molecular formula is C12H13FO. The summed E-state index contributed by atoms with van der Waals surface area (Å²) < 4.78 is 18.4. The maximum absolute atomic E-state index is 13.4. The van der Waals surface area contributed by atoms with Gasteiger partial charge in [-0.1, -0.05) is 18.2 Å². The van der Waals surface area contributed by atoms with Gasteiger partial charge in [-0.25, -0.2) is 4.39 Å². The molecule has 0 heterocycles. The van der Waals surface area contributed by atoms with Gasteiger partial charge in [-0.15, -0.1) is 0 Å². The van der Waals surface area contributed by atoms with Crippen molar-refractivity contribution in [1.82, 2.24) is 0 Å². The molecule has 1 nitrogen and oxygen atoms in total. The molecule has 0 fully saturated rings. The molecule has 0 saturated heterocycles. The first kappa shape index (κ1) is 9.25. The van der Waals surface area contributed by atoms with Crippen LogP contribution in [0.25, 0.3) is 5.57 Å². The summed E-state index contributed by atoms with van der Waals surface area (Å²) in [6.45, 7) is 0. The third-order valence-corrected chi connectivity index (χ3v) is 2.56. The maximum Gasteiger partial charge on any atom is 0.165 e. The van der Waals surface area contributed by atoms with Crippen LogP contribution >= 0.6 is 0 Å². The fourth-order valence-electron chi connectivity index (χ4n) is 1.88. The summed E-state index contributed by atoms with van der Waals surface area (Å²) in [5, 5.41) is 0. The Morgan fingerprint density at radius 3 is 2.86 bits per heavy atom. The Bertz CT molecular complexity index is 369. The van der Waals surface area contributed by atoms with Crippen molar-refractivity contribution < 1.29 is 9.13 Å². The lowest BCUT2D eigenvalue weighted by Crippen LogP contribution is -1.93. The lowest BCUT2D eigenvalue weighted by atomic mass is 10.0. The van der Waals surface area contributed by atoms with E-state index in [1.807, 2.05) is 6.07 Å². The van der Waals surface area contributed by atoms with E-state index in [-0.39, 0.29) is 5.82 Å². The third-order valence-electron chi connectivity index (χ3n) is 2.56. The van der Waals surface area contributed by atoms with Crippen LogP contribution in [0.3, 0.4) is 0 Å². The van der Waals surface area contributed by atoms with E-state index in [0.717, 1.165) is 24.8 Å². The van der Waals surface area contributed by atoms with Crippen LogP contribution in [0, 0.1) is 5.82 Å². The van der Waals surface area contributed by atoms with Crippen molar-refractivity contribution in [2.45, 2.75) is 19.3 Å². The Hall–Kier alpha value is -1.31. The molecule has 74 valence electrons. The van der Waals surface area contributed by atoms with Gasteiger partial charge in [-0.3, -0.25) is 0 Å². The molecule has 1 aliphatic carbocycles. The van der Waals surface area contributed by atoms with Gasteiger partial charge in [-0.05, 0) is 30.9 Å². The molecule has 2 rings (SSSR count). The minimum atomic E-state index is -0.280. The summed E-state index contributed by atoms with van der Waals surface area (Å²) in [6, 6.07) is 5.07. The van der Waals surface area contributed by atoms with Gasteiger partial charge in [0.15, 0.2) is 11.6 Å². The molecule has 0 aromatic heterocycles. The Balaban J connectivity index is 2.46. The number of allylic oxidation sites excluding steroid dienone is 2. The largest absolute Gasteiger partial charge is 0.493 e. The Morgan fingerprint density at radius 1 is 1.36 bits per heavy atom. The first-order valence-corrected chi connectivity index (χ1v) is 4.85. The first-order chi connectivity index (χ1) is 6.83. The standard InChI is InChI=1S/C12H13FO/c1-14-12-10(7-4-8-11(12)13)9-5-2-3-6-9/h4-5,7-8H,2-3,6H2,1H3. The monoisotopic (exact) mass is 192 g/mol. The van der Waals surface area contributed by atoms with Crippen LogP contribution in [0.4, 0.5) is 4.39 Å². The molecule has 1 aromatic carbocycles. The highest BCUT2D eigenvalue weighted by Gasteiger charge is 2.14. The summed E-state index contributed by atoms with van der Waals surface area (Å²) in [7, 11) is 1.51. The normalized spacial score (nSPS) is 15.4. The molecule has 2 heteroatoms. The number of halogens is 1. The van der Waals surface area contributed by atoms with Crippen molar-refractivity contribution in [3.8, 4) is 5.75 Å². The molecule has 0 bridgehead atoms. The van der Waals surface area contributed by atoms with Gasteiger partial charge in [0, 0.05) is 5.56 Å². The third kappa shape index (κ3) is 1.52. The summed E-state index contributed by atoms with van der Waals surface area (Å²) in [6.07, 6.45) is 5.45. The van der Waals surface area contributed by atoms with Gasteiger partial charge in [0.05, 0.1) is 7.11 Å². The molecule has 0 saturated carbocycles. The Morgan fingerprint density at radius 2 is 2.21 bits per heavy atom. The minimum Gasteiger partial charge on any atom is -0.493 e. The molecule has 0 aliphatic heterocycles. The van der Waals surface area contributed by atoms with Crippen LogP contribution in [0.1, 0.15) is 24.8 Å². The second kappa shape index (κ2) is 3.82. The van der Waals surface area contributed by atoms with E-state index in [9.17, 15) is 4.39 Å². The molecule has 0 spiro atoms. The molecule has 1 aliphatic rings. The number of ether oxygens (including phenoxy) is 1. The molecule has 0 unspecified atom stereocenters. The molecular weight excluding hydrogens is 179 g/mol. The zero-order valence-corrected chi connectivity index (χ0v) is 8.22. The molecule has 14 heavy (non-hydrogen) atoms. The first-order valence-electron chi connectivity index (χ1n) is 4.85. The fourth-order valence-corrected chi connectivity index (χ4v) is 1.88. The Labute approximate surface area is 83.2 Å². The maximum atomic E-state index is 13.4. The zero-order valence-electron chi connectivity index (χ0n) is 8.22. The van der Waals surface area contributed by atoms with Crippen LogP contribution in [-0.2, 0) is 0 Å². The van der Waals surface area contributed by atoms with Gasteiger partial charge in [0.1, 0.15) is 0 Å². The second-order valence-electron chi connectivity index (χ2n) is 3.44. The zero-order chi connectivity index (χ0) is 9.97. The lowest BCUT2D eigenvalue weighted by molar-refractivity contribution is 0.385. The highest BCUT2D eigenvalue weighted by molar-refractivity contribution is 5.72. The van der Waals surface area contributed by atoms with E-state index >= 15 is 0 Å². The van der Waals surface area contributed by atoms with Crippen molar-refractivity contribution in [3.05, 3.63) is 35.7 Å². The topological polar surface area (TPSA) is 9.23 Å². The van der Waals surface area contributed by atoms with E-state index in [2.05, 4.69) is 6.08 Å².